The highest BCUT2D eigenvalue weighted by Crippen LogP contribution is 2.47. The first-order valence-electron chi connectivity index (χ1n) is 10.00. The highest BCUT2D eigenvalue weighted by molar-refractivity contribution is 6.42. The van der Waals surface area contributed by atoms with Gasteiger partial charge in [-0.25, -0.2) is 4.39 Å². The molecule has 11 heteroatoms. The van der Waals surface area contributed by atoms with E-state index in [0.717, 1.165) is 13.8 Å². The molecule has 0 aliphatic rings. The van der Waals surface area contributed by atoms with Gasteiger partial charge in [0.1, 0.15) is 26.8 Å². The molecule has 0 fully saturated rings. The first-order chi connectivity index (χ1) is 16.7. The number of carbonyl (C=O) groups excluding carboxylic acids is 2. The van der Waals surface area contributed by atoms with Crippen LogP contribution in [0, 0.1) is 5.82 Å². The number of esters is 2. The van der Waals surface area contributed by atoms with Gasteiger partial charge in [0.05, 0.1) is 17.3 Å². The molecule has 0 spiro atoms. The number of ether oxygens (including phenoxy) is 2. The summed E-state index contributed by atoms with van der Waals surface area (Å²) in [4.78, 5) is 36.7. The number of halogens is 3. The van der Waals surface area contributed by atoms with Crippen molar-refractivity contribution in [3.05, 3.63) is 74.1 Å². The number of hydrogen-bond donors (Lipinski definition) is 1. The molecule has 0 bridgehead atoms. The molecule has 0 aliphatic heterocycles. The molecule has 0 aliphatic carbocycles. The van der Waals surface area contributed by atoms with Gasteiger partial charge >= 0.3 is 11.9 Å². The lowest BCUT2D eigenvalue weighted by atomic mass is 10.1. The molecule has 8 nitrogen and oxygen atoms in total. The van der Waals surface area contributed by atoms with Gasteiger partial charge in [-0.1, -0.05) is 41.4 Å². The van der Waals surface area contributed by atoms with E-state index in [4.69, 9.17) is 37.1 Å². The predicted molar refractivity (Wildman–Crippen MR) is 130 cm³/mol. The standard InChI is InChI=1S/C24H15Cl2FN2O6/c1-11(30)33-22-17-20(32)14-7-5-6-13(10-28-29-16-9-4-3-8-15(16)27)21(14)35-23(17)19(26)24(18(22)25)34-12(2)31/h3-10,29H,1-2H3/b28-10-. The second-order valence-corrected chi connectivity index (χ2v) is 7.94. The average Bonchev–Trinajstić information content (AvgIpc) is 2.81. The lowest BCUT2D eigenvalue weighted by molar-refractivity contribution is -0.132. The minimum atomic E-state index is -0.774. The number of nitrogens with zero attached hydrogens (tertiary/aromatic N) is 1. The Labute approximate surface area is 206 Å². The highest BCUT2D eigenvalue weighted by atomic mass is 35.5. The number of para-hydroxylation sites is 2. The smallest absolute Gasteiger partial charge is 0.308 e. The fraction of sp³-hybridized carbons (Fsp3) is 0.0833. The summed E-state index contributed by atoms with van der Waals surface area (Å²) in [6.45, 7) is 2.23. The summed E-state index contributed by atoms with van der Waals surface area (Å²) < 4.78 is 30.0. The fourth-order valence-electron chi connectivity index (χ4n) is 3.31. The Balaban J connectivity index is 1.96. The number of hydrazone groups is 1. The number of benzene rings is 3. The molecule has 35 heavy (non-hydrogen) atoms. The van der Waals surface area contributed by atoms with Crippen molar-refractivity contribution in [2.75, 3.05) is 5.43 Å². The maximum Gasteiger partial charge on any atom is 0.308 e. The quantitative estimate of drug-likeness (QED) is 0.119. The summed E-state index contributed by atoms with van der Waals surface area (Å²) in [5, 5.41) is 3.29. The molecule has 4 rings (SSSR count). The lowest BCUT2D eigenvalue weighted by Crippen LogP contribution is -2.11. The van der Waals surface area contributed by atoms with Gasteiger partial charge in [0.25, 0.3) is 0 Å². The van der Waals surface area contributed by atoms with E-state index < -0.39 is 23.2 Å². The van der Waals surface area contributed by atoms with Gasteiger partial charge in [0.15, 0.2) is 17.1 Å². The largest absolute Gasteiger partial charge is 0.453 e. The molecule has 3 aromatic carbocycles. The van der Waals surface area contributed by atoms with E-state index >= 15 is 0 Å². The van der Waals surface area contributed by atoms with Gasteiger partial charge in [-0.3, -0.25) is 19.8 Å². The Morgan fingerprint density at radius 3 is 2.34 bits per heavy atom. The van der Waals surface area contributed by atoms with E-state index in [1.54, 1.807) is 24.3 Å². The second kappa shape index (κ2) is 9.73. The van der Waals surface area contributed by atoms with Gasteiger partial charge < -0.3 is 13.9 Å². The topological polar surface area (TPSA) is 107 Å². The Kier molecular flexibility index (Phi) is 6.72. The zero-order valence-electron chi connectivity index (χ0n) is 18.1. The Morgan fingerprint density at radius 1 is 0.971 bits per heavy atom. The summed E-state index contributed by atoms with van der Waals surface area (Å²) in [5.41, 5.74) is 2.32. The fourth-order valence-corrected chi connectivity index (χ4v) is 3.89. The van der Waals surface area contributed by atoms with Gasteiger partial charge in [0.2, 0.25) is 5.43 Å². The van der Waals surface area contributed by atoms with Crippen LogP contribution in [0.4, 0.5) is 10.1 Å². The first kappa shape index (κ1) is 24.2. The highest BCUT2D eigenvalue weighted by Gasteiger charge is 2.27. The van der Waals surface area contributed by atoms with Crippen LogP contribution >= 0.6 is 23.2 Å². The zero-order chi connectivity index (χ0) is 25.3. The van der Waals surface area contributed by atoms with E-state index in [9.17, 15) is 18.8 Å². The van der Waals surface area contributed by atoms with Crippen molar-refractivity contribution in [3.8, 4) is 11.5 Å². The Morgan fingerprint density at radius 2 is 1.66 bits per heavy atom. The van der Waals surface area contributed by atoms with Crippen molar-refractivity contribution in [3.63, 3.8) is 0 Å². The van der Waals surface area contributed by atoms with Gasteiger partial charge in [-0.05, 0) is 24.3 Å². The minimum absolute atomic E-state index is 0.0795. The van der Waals surface area contributed by atoms with Crippen molar-refractivity contribution in [1.82, 2.24) is 0 Å². The van der Waals surface area contributed by atoms with E-state index in [1.807, 2.05) is 0 Å². The summed E-state index contributed by atoms with van der Waals surface area (Å²) in [5.74, 6) is -2.72. The van der Waals surface area contributed by atoms with Crippen LogP contribution < -0.4 is 20.3 Å². The van der Waals surface area contributed by atoms with E-state index in [0.29, 0.717) is 5.56 Å². The molecule has 0 amide bonds. The van der Waals surface area contributed by atoms with Crippen LogP contribution in [0.1, 0.15) is 19.4 Å². The molecule has 1 aromatic heterocycles. The molecular weight excluding hydrogens is 502 g/mol. The molecule has 1 heterocycles. The number of rotatable bonds is 5. The zero-order valence-corrected chi connectivity index (χ0v) is 19.7. The van der Waals surface area contributed by atoms with Crippen LogP contribution in [-0.4, -0.2) is 18.2 Å². The summed E-state index contributed by atoms with van der Waals surface area (Å²) in [6.07, 6.45) is 1.33. The Hall–Kier alpha value is -3.95. The average molecular weight is 517 g/mol. The second-order valence-electron chi connectivity index (χ2n) is 7.18. The van der Waals surface area contributed by atoms with E-state index in [1.165, 1.54) is 24.4 Å². The van der Waals surface area contributed by atoms with Crippen molar-refractivity contribution in [2.24, 2.45) is 5.10 Å². The molecule has 0 saturated carbocycles. The van der Waals surface area contributed by atoms with Crippen molar-refractivity contribution in [2.45, 2.75) is 13.8 Å². The van der Waals surface area contributed by atoms with Crippen LogP contribution in [0.2, 0.25) is 10.0 Å². The van der Waals surface area contributed by atoms with Gasteiger partial charge in [-0.2, -0.15) is 5.10 Å². The Bertz CT molecular complexity index is 1600. The normalized spacial score (nSPS) is 11.2. The van der Waals surface area contributed by atoms with Crippen LogP contribution in [0.3, 0.4) is 0 Å². The number of nitrogens with one attached hydrogen (secondary N) is 1. The lowest BCUT2D eigenvalue weighted by Gasteiger charge is -2.14. The molecule has 4 aromatic rings. The van der Waals surface area contributed by atoms with Crippen molar-refractivity contribution in [1.29, 1.82) is 0 Å². The van der Waals surface area contributed by atoms with E-state index in [-0.39, 0.29) is 49.2 Å². The number of fused-ring (bicyclic) bond motifs is 2. The molecular formula is C24H15Cl2FN2O6. The molecule has 0 unspecified atom stereocenters. The third-order valence-corrected chi connectivity index (χ3v) is 5.41. The van der Waals surface area contributed by atoms with E-state index in [2.05, 4.69) is 10.5 Å². The third-order valence-electron chi connectivity index (χ3n) is 4.73. The van der Waals surface area contributed by atoms with Crippen molar-refractivity contribution >= 4 is 69.0 Å². The monoisotopic (exact) mass is 516 g/mol. The van der Waals surface area contributed by atoms with Gasteiger partial charge in [-0.15, -0.1) is 0 Å². The number of anilines is 1. The molecule has 1 N–H and O–H groups in total. The molecule has 0 saturated heterocycles. The predicted octanol–water partition coefficient (Wildman–Crippen LogP) is 5.69. The minimum Gasteiger partial charge on any atom is -0.453 e. The van der Waals surface area contributed by atoms with Crippen LogP contribution in [0.25, 0.3) is 21.9 Å². The maximum absolute atomic E-state index is 13.8. The number of hydrogen-bond acceptors (Lipinski definition) is 8. The molecule has 0 radical (unpaired) electrons. The third kappa shape index (κ3) is 4.68. The van der Waals surface area contributed by atoms with Crippen LogP contribution in [-0.2, 0) is 9.59 Å². The van der Waals surface area contributed by atoms with Gasteiger partial charge in [0, 0.05) is 19.4 Å². The number of carbonyl (C=O) groups is 2. The van der Waals surface area contributed by atoms with Crippen LogP contribution in [0.5, 0.6) is 11.5 Å². The molecule has 178 valence electrons. The SMILES string of the molecule is CC(=O)Oc1c(Cl)c(OC(C)=O)c2c(=O)c3cccc(/C=N\Nc4ccccc4F)c3oc2c1Cl. The molecule has 0 atom stereocenters. The van der Waals surface area contributed by atoms with Crippen LogP contribution in [0.15, 0.2) is 56.8 Å². The summed E-state index contributed by atoms with van der Waals surface area (Å²) in [7, 11) is 0. The summed E-state index contributed by atoms with van der Waals surface area (Å²) >= 11 is 12.7. The maximum atomic E-state index is 13.8. The summed E-state index contributed by atoms with van der Waals surface area (Å²) in [6, 6.07) is 10.6. The first-order valence-corrected chi connectivity index (χ1v) is 10.8. The van der Waals surface area contributed by atoms with Crippen molar-refractivity contribution < 1.29 is 27.9 Å².